The molecular weight excluding hydrogens is 402 g/mol. The van der Waals surface area contributed by atoms with Gasteiger partial charge in [0.15, 0.2) is 23.0 Å². The van der Waals surface area contributed by atoms with E-state index in [1.165, 1.54) is 0 Å². The van der Waals surface area contributed by atoms with E-state index in [4.69, 9.17) is 18.9 Å². The van der Waals surface area contributed by atoms with Crippen molar-refractivity contribution in [3.63, 3.8) is 0 Å². The molecule has 1 amide bonds. The first-order valence-corrected chi connectivity index (χ1v) is 10.6. The summed E-state index contributed by atoms with van der Waals surface area (Å²) < 4.78 is 22.1. The predicted octanol–water partition coefficient (Wildman–Crippen LogP) is 4.28. The highest BCUT2D eigenvalue weighted by molar-refractivity contribution is 7.10. The summed E-state index contributed by atoms with van der Waals surface area (Å²) in [5.74, 6) is 2.41. The molecule has 1 unspecified atom stereocenters. The number of thiophene rings is 1. The van der Waals surface area contributed by atoms with E-state index in [-0.39, 0.29) is 18.7 Å². The standard InChI is InChI=1S/C23H21NO5S/c1-26-18-11-14-8-9-24(23(25)15-5-3-6-17-22(15)29-13-28-17)21(20-7-4-10-30-20)16(14)12-19(18)27-2/h3-7,10-12,21H,8-9,13H2,1-2H3. The molecule has 0 saturated heterocycles. The van der Waals surface area contributed by atoms with Crippen molar-refractivity contribution in [2.75, 3.05) is 27.6 Å². The van der Waals surface area contributed by atoms with E-state index in [9.17, 15) is 4.79 Å². The molecule has 7 heteroatoms. The number of fused-ring (bicyclic) bond motifs is 2. The number of hydrogen-bond acceptors (Lipinski definition) is 6. The van der Waals surface area contributed by atoms with E-state index in [1.807, 2.05) is 40.6 Å². The number of methoxy groups -OCH3 is 2. The first-order valence-electron chi connectivity index (χ1n) is 9.69. The summed E-state index contributed by atoms with van der Waals surface area (Å²) in [7, 11) is 3.26. The lowest BCUT2D eigenvalue weighted by atomic mass is 9.90. The zero-order valence-electron chi connectivity index (χ0n) is 16.7. The molecule has 30 heavy (non-hydrogen) atoms. The molecule has 1 atom stereocenters. The summed E-state index contributed by atoms with van der Waals surface area (Å²) in [6, 6.07) is 13.3. The quantitative estimate of drug-likeness (QED) is 0.627. The van der Waals surface area contributed by atoms with E-state index < -0.39 is 0 Å². The van der Waals surface area contributed by atoms with Gasteiger partial charge in [0.2, 0.25) is 6.79 Å². The number of carbonyl (C=O) groups is 1. The third kappa shape index (κ3) is 2.97. The fourth-order valence-corrected chi connectivity index (χ4v) is 5.03. The largest absolute Gasteiger partial charge is 0.493 e. The van der Waals surface area contributed by atoms with Gasteiger partial charge in [-0.05, 0) is 53.3 Å². The number of amides is 1. The molecule has 6 nitrogen and oxygen atoms in total. The van der Waals surface area contributed by atoms with E-state index >= 15 is 0 Å². The Labute approximate surface area is 178 Å². The Hall–Kier alpha value is -3.19. The maximum absolute atomic E-state index is 13.7. The van der Waals surface area contributed by atoms with Crippen LogP contribution in [-0.4, -0.2) is 38.4 Å². The Kier molecular flexibility index (Phi) is 4.75. The average molecular weight is 423 g/mol. The van der Waals surface area contributed by atoms with Crippen molar-refractivity contribution in [3.8, 4) is 23.0 Å². The number of hydrogen-bond donors (Lipinski definition) is 0. The SMILES string of the molecule is COc1cc2c(cc1OC)C(c1cccs1)N(C(=O)c1cccc3c1OCO3)CC2. The van der Waals surface area contributed by atoms with Crippen LogP contribution in [0.5, 0.6) is 23.0 Å². The number of rotatable bonds is 4. The third-order valence-electron chi connectivity index (χ3n) is 5.57. The predicted molar refractivity (Wildman–Crippen MR) is 113 cm³/mol. The van der Waals surface area contributed by atoms with Gasteiger partial charge in [0, 0.05) is 11.4 Å². The van der Waals surface area contributed by atoms with Crippen molar-refractivity contribution in [2.24, 2.45) is 0 Å². The van der Waals surface area contributed by atoms with Gasteiger partial charge in [-0.1, -0.05) is 12.1 Å². The summed E-state index contributed by atoms with van der Waals surface area (Å²) in [6.07, 6.45) is 0.732. The Morgan fingerprint density at radius 1 is 1.10 bits per heavy atom. The maximum atomic E-state index is 13.7. The van der Waals surface area contributed by atoms with Crippen LogP contribution in [0.25, 0.3) is 0 Å². The first-order chi connectivity index (χ1) is 14.7. The summed E-state index contributed by atoms with van der Waals surface area (Å²) >= 11 is 1.64. The second kappa shape index (κ2) is 7.57. The molecule has 0 bridgehead atoms. The molecule has 0 spiro atoms. The highest BCUT2D eigenvalue weighted by atomic mass is 32.1. The Balaban J connectivity index is 1.62. The molecule has 2 aliphatic rings. The van der Waals surface area contributed by atoms with Crippen LogP contribution in [0.3, 0.4) is 0 Å². The molecule has 1 aromatic heterocycles. The molecule has 0 fully saturated rings. The molecule has 3 aromatic rings. The van der Waals surface area contributed by atoms with E-state index in [0.29, 0.717) is 35.1 Å². The van der Waals surface area contributed by atoms with Crippen LogP contribution in [0, 0.1) is 0 Å². The lowest BCUT2D eigenvalue weighted by molar-refractivity contribution is 0.0692. The minimum atomic E-state index is -0.209. The molecule has 0 radical (unpaired) electrons. The second-order valence-electron chi connectivity index (χ2n) is 7.11. The monoisotopic (exact) mass is 423 g/mol. The van der Waals surface area contributed by atoms with E-state index in [0.717, 1.165) is 22.4 Å². The fraction of sp³-hybridized carbons (Fsp3) is 0.261. The molecule has 5 rings (SSSR count). The highest BCUT2D eigenvalue weighted by Crippen LogP contribution is 2.44. The van der Waals surface area contributed by atoms with Crippen molar-refractivity contribution >= 4 is 17.2 Å². The van der Waals surface area contributed by atoms with Gasteiger partial charge < -0.3 is 23.8 Å². The summed E-state index contributed by atoms with van der Waals surface area (Å²) in [6.45, 7) is 0.724. The highest BCUT2D eigenvalue weighted by Gasteiger charge is 2.36. The average Bonchev–Trinajstić information content (AvgIpc) is 3.48. The Bertz CT molecular complexity index is 1100. The van der Waals surface area contributed by atoms with Gasteiger partial charge in [-0.2, -0.15) is 0 Å². The Morgan fingerprint density at radius 2 is 1.93 bits per heavy atom. The van der Waals surface area contributed by atoms with Gasteiger partial charge in [0.05, 0.1) is 25.8 Å². The Morgan fingerprint density at radius 3 is 2.70 bits per heavy atom. The lowest BCUT2D eigenvalue weighted by Crippen LogP contribution is -2.40. The van der Waals surface area contributed by atoms with Crippen LogP contribution >= 0.6 is 11.3 Å². The van der Waals surface area contributed by atoms with Gasteiger partial charge in [-0.25, -0.2) is 0 Å². The van der Waals surface area contributed by atoms with Crippen molar-refractivity contribution in [2.45, 2.75) is 12.5 Å². The van der Waals surface area contributed by atoms with Crippen LogP contribution in [0.2, 0.25) is 0 Å². The van der Waals surface area contributed by atoms with Crippen LogP contribution in [-0.2, 0) is 6.42 Å². The number of nitrogens with zero attached hydrogens (tertiary/aromatic N) is 1. The van der Waals surface area contributed by atoms with E-state index in [1.54, 1.807) is 31.6 Å². The van der Waals surface area contributed by atoms with Crippen molar-refractivity contribution < 1.29 is 23.7 Å². The molecule has 2 aliphatic heterocycles. The fourth-order valence-electron chi connectivity index (χ4n) is 4.17. The number of ether oxygens (including phenoxy) is 4. The summed E-state index contributed by atoms with van der Waals surface area (Å²) in [5.41, 5.74) is 2.74. The summed E-state index contributed by atoms with van der Waals surface area (Å²) in [5, 5.41) is 2.03. The van der Waals surface area contributed by atoms with Crippen LogP contribution in [0.1, 0.15) is 32.4 Å². The van der Waals surface area contributed by atoms with Gasteiger partial charge in [-0.3, -0.25) is 4.79 Å². The van der Waals surface area contributed by atoms with Gasteiger partial charge >= 0.3 is 0 Å². The minimum absolute atomic E-state index is 0.0730. The van der Waals surface area contributed by atoms with E-state index in [2.05, 4.69) is 6.07 Å². The zero-order chi connectivity index (χ0) is 20.7. The molecule has 0 aliphatic carbocycles. The molecule has 0 saturated carbocycles. The number of carbonyl (C=O) groups excluding carboxylic acids is 1. The second-order valence-corrected chi connectivity index (χ2v) is 8.09. The molecule has 2 aromatic carbocycles. The summed E-state index contributed by atoms with van der Waals surface area (Å²) in [4.78, 5) is 16.7. The number of para-hydroxylation sites is 1. The molecule has 3 heterocycles. The smallest absolute Gasteiger partial charge is 0.258 e. The molecule has 154 valence electrons. The van der Waals surface area contributed by atoms with Crippen molar-refractivity contribution in [3.05, 3.63) is 69.4 Å². The van der Waals surface area contributed by atoms with Gasteiger partial charge in [0.25, 0.3) is 5.91 Å². The molecule has 0 N–H and O–H groups in total. The number of benzene rings is 2. The molecular formula is C23H21NO5S. The van der Waals surface area contributed by atoms with Crippen LogP contribution in [0.4, 0.5) is 0 Å². The van der Waals surface area contributed by atoms with Gasteiger partial charge in [-0.15, -0.1) is 11.3 Å². The zero-order valence-corrected chi connectivity index (χ0v) is 17.5. The van der Waals surface area contributed by atoms with Crippen molar-refractivity contribution in [1.82, 2.24) is 4.90 Å². The topological polar surface area (TPSA) is 57.2 Å². The van der Waals surface area contributed by atoms with Crippen LogP contribution in [0.15, 0.2) is 47.8 Å². The maximum Gasteiger partial charge on any atom is 0.258 e. The minimum Gasteiger partial charge on any atom is -0.493 e. The normalized spacial score (nSPS) is 16.9. The third-order valence-corrected chi connectivity index (χ3v) is 6.50. The van der Waals surface area contributed by atoms with Crippen molar-refractivity contribution in [1.29, 1.82) is 0 Å². The lowest BCUT2D eigenvalue weighted by Gasteiger charge is -2.37. The first kappa shape index (κ1) is 18.8. The van der Waals surface area contributed by atoms with Crippen LogP contribution < -0.4 is 18.9 Å². The van der Waals surface area contributed by atoms with Gasteiger partial charge in [0.1, 0.15) is 0 Å².